The van der Waals surface area contributed by atoms with Crippen LogP contribution >= 0.6 is 0 Å². The van der Waals surface area contributed by atoms with Gasteiger partial charge in [0.2, 0.25) is 0 Å². The molecule has 22 heavy (non-hydrogen) atoms. The summed E-state index contributed by atoms with van der Waals surface area (Å²) < 4.78 is 0. The van der Waals surface area contributed by atoms with Crippen molar-refractivity contribution in [3.63, 3.8) is 0 Å². The third-order valence-electron chi connectivity index (χ3n) is 3.39. The Morgan fingerprint density at radius 1 is 1.14 bits per heavy atom. The molecule has 1 aliphatic carbocycles. The number of aliphatic hydroxyl groups excluding tert-OH is 1. The molecule has 1 unspecified atom stereocenters. The number of aliphatic hydroxyl groups is 2. The summed E-state index contributed by atoms with van der Waals surface area (Å²) >= 11 is 0. The summed E-state index contributed by atoms with van der Waals surface area (Å²) in [5.74, 6) is -0.353. The Bertz CT molecular complexity index is 555. The molecule has 0 amide bonds. The molecule has 1 aromatic rings. The van der Waals surface area contributed by atoms with Crippen molar-refractivity contribution in [1.29, 1.82) is 0 Å². The van der Waals surface area contributed by atoms with Gasteiger partial charge in [-0.05, 0) is 12.0 Å². The van der Waals surface area contributed by atoms with E-state index in [-0.39, 0.29) is 18.8 Å². The number of rotatable bonds is 5. The maximum Gasteiger partial charge on any atom is 0.195 e. The number of carbonyl (C=O) groups excluding carboxylic acids is 1. The van der Waals surface area contributed by atoms with Gasteiger partial charge in [0.1, 0.15) is 0 Å². The van der Waals surface area contributed by atoms with Gasteiger partial charge in [0, 0.05) is 18.6 Å². The van der Waals surface area contributed by atoms with Gasteiger partial charge in [-0.1, -0.05) is 74.6 Å². The summed E-state index contributed by atoms with van der Waals surface area (Å²) in [5.41, 5.74) is -0.625. The summed E-state index contributed by atoms with van der Waals surface area (Å²) in [6.07, 6.45) is 9.54. The van der Waals surface area contributed by atoms with Crippen LogP contribution in [0.4, 0.5) is 0 Å². The van der Waals surface area contributed by atoms with E-state index in [1.165, 1.54) is 0 Å². The smallest absolute Gasteiger partial charge is 0.195 e. The molecule has 0 heterocycles. The minimum atomic E-state index is -1.67. The zero-order chi connectivity index (χ0) is 16.4. The van der Waals surface area contributed by atoms with Crippen molar-refractivity contribution in [2.45, 2.75) is 32.3 Å². The van der Waals surface area contributed by atoms with E-state index in [9.17, 15) is 15.0 Å². The number of ketones is 1. The van der Waals surface area contributed by atoms with E-state index in [4.69, 9.17) is 0 Å². The Morgan fingerprint density at radius 2 is 1.82 bits per heavy atom. The van der Waals surface area contributed by atoms with Crippen LogP contribution in [0.1, 0.15) is 32.3 Å². The first-order chi connectivity index (χ1) is 10.7. The highest BCUT2D eigenvalue weighted by molar-refractivity contribution is 6.02. The van der Waals surface area contributed by atoms with E-state index in [1.807, 2.05) is 38.1 Å². The first kappa shape index (κ1) is 18.1. The van der Waals surface area contributed by atoms with Crippen molar-refractivity contribution >= 4 is 5.78 Å². The van der Waals surface area contributed by atoms with Crippen LogP contribution < -0.4 is 0 Å². The molecular formula is C19H24O3. The molecule has 1 atom stereocenters. The number of carbonyl (C=O) groups is 1. The molecule has 0 saturated heterocycles. The maximum atomic E-state index is 12.7. The number of benzene rings is 1. The highest BCUT2D eigenvalue weighted by Gasteiger charge is 2.38. The average Bonchev–Trinajstić information content (AvgIpc) is 2.86. The molecule has 2 rings (SSSR count). The Morgan fingerprint density at radius 3 is 2.45 bits per heavy atom. The van der Waals surface area contributed by atoms with Gasteiger partial charge < -0.3 is 10.2 Å². The van der Waals surface area contributed by atoms with Crippen molar-refractivity contribution in [2.75, 3.05) is 6.61 Å². The van der Waals surface area contributed by atoms with Crippen LogP contribution in [-0.2, 0) is 10.4 Å². The van der Waals surface area contributed by atoms with E-state index in [0.29, 0.717) is 17.6 Å². The standard InChI is InChI=1S/C17H18O3.C2H6/c18-13-12-17(20,15-10-6-3-7-11-15)16(19)14-8-4-1-2-5-9-14;1-2/h1-8,10-11,18,20H,9,12-13H2;1-2H3. The van der Waals surface area contributed by atoms with Crippen LogP contribution in [0.15, 0.2) is 66.3 Å². The van der Waals surface area contributed by atoms with Gasteiger partial charge >= 0.3 is 0 Å². The quantitative estimate of drug-likeness (QED) is 0.877. The molecule has 0 fully saturated rings. The van der Waals surface area contributed by atoms with E-state index in [1.54, 1.807) is 36.4 Å². The fraction of sp³-hybridized carbons (Fsp3) is 0.316. The predicted molar refractivity (Wildman–Crippen MR) is 89.4 cm³/mol. The van der Waals surface area contributed by atoms with Crippen LogP contribution in [0.5, 0.6) is 0 Å². The van der Waals surface area contributed by atoms with Crippen LogP contribution in [0, 0.1) is 0 Å². The third kappa shape index (κ3) is 4.26. The fourth-order valence-corrected chi connectivity index (χ4v) is 2.28. The molecule has 0 aliphatic heterocycles. The molecule has 1 aliphatic rings. The normalized spacial score (nSPS) is 15.9. The van der Waals surface area contributed by atoms with Crippen LogP contribution in [0.2, 0.25) is 0 Å². The molecule has 0 radical (unpaired) electrons. The average molecular weight is 300 g/mol. The fourth-order valence-electron chi connectivity index (χ4n) is 2.28. The van der Waals surface area contributed by atoms with Crippen molar-refractivity contribution < 1.29 is 15.0 Å². The molecule has 0 bridgehead atoms. The second-order valence-electron chi connectivity index (χ2n) is 4.74. The van der Waals surface area contributed by atoms with Gasteiger partial charge in [0.15, 0.2) is 11.4 Å². The topological polar surface area (TPSA) is 57.5 Å². The van der Waals surface area contributed by atoms with Crippen molar-refractivity contribution in [3.8, 4) is 0 Å². The zero-order valence-corrected chi connectivity index (χ0v) is 13.2. The Kier molecular flexibility index (Phi) is 7.50. The first-order valence-corrected chi connectivity index (χ1v) is 7.64. The van der Waals surface area contributed by atoms with Gasteiger partial charge in [-0.25, -0.2) is 0 Å². The number of hydrogen-bond acceptors (Lipinski definition) is 3. The van der Waals surface area contributed by atoms with Gasteiger partial charge in [-0.2, -0.15) is 0 Å². The summed E-state index contributed by atoms with van der Waals surface area (Å²) in [4.78, 5) is 12.7. The lowest BCUT2D eigenvalue weighted by Crippen LogP contribution is -2.37. The minimum absolute atomic E-state index is 0.0133. The second kappa shape index (κ2) is 9.13. The molecule has 0 saturated carbocycles. The van der Waals surface area contributed by atoms with Crippen LogP contribution in [0.3, 0.4) is 0 Å². The van der Waals surface area contributed by atoms with E-state index in [0.717, 1.165) is 0 Å². The lowest BCUT2D eigenvalue weighted by atomic mass is 9.82. The number of Topliss-reactive ketones (excluding diaryl/α,β-unsaturated/α-hetero) is 1. The lowest BCUT2D eigenvalue weighted by molar-refractivity contribution is -0.136. The van der Waals surface area contributed by atoms with Gasteiger partial charge in [0.25, 0.3) is 0 Å². The molecule has 3 nitrogen and oxygen atoms in total. The minimum Gasteiger partial charge on any atom is -0.396 e. The van der Waals surface area contributed by atoms with E-state index >= 15 is 0 Å². The van der Waals surface area contributed by atoms with Gasteiger partial charge in [-0.15, -0.1) is 0 Å². The molecule has 3 heteroatoms. The van der Waals surface area contributed by atoms with Gasteiger partial charge in [-0.3, -0.25) is 4.79 Å². The maximum absolute atomic E-state index is 12.7. The Hall–Kier alpha value is -1.97. The lowest BCUT2D eigenvalue weighted by Gasteiger charge is -2.27. The van der Waals surface area contributed by atoms with E-state index in [2.05, 4.69) is 0 Å². The van der Waals surface area contributed by atoms with Crippen LogP contribution in [-0.4, -0.2) is 22.6 Å². The first-order valence-electron chi connectivity index (χ1n) is 7.64. The second-order valence-corrected chi connectivity index (χ2v) is 4.74. The van der Waals surface area contributed by atoms with Crippen molar-refractivity contribution in [3.05, 3.63) is 71.8 Å². The molecule has 118 valence electrons. The highest BCUT2D eigenvalue weighted by atomic mass is 16.3. The van der Waals surface area contributed by atoms with Gasteiger partial charge in [0.05, 0.1) is 0 Å². The molecule has 1 aromatic carbocycles. The largest absolute Gasteiger partial charge is 0.396 e. The van der Waals surface area contributed by atoms with Crippen molar-refractivity contribution in [2.24, 2.45) is 0 Å². The Labute approximate surface area is 132 Å². The monoisotopic (exact) mass is 300 g/mol. The Balaban J connectivity index is 0.00000116. The summed E-state index contributed by atoms with van der Waals surface area (Å²) in [5, 5.41) is 20.0. The molecular weight excluding hydrogens is 276 g/mol. The molecule has 0 spiro atoms. The molecule has 0 aromatic heterocycles. The number of allylic oxidation sites excluding steroid dienone is 5. The van der Waals surface area contributed by atoms with Crippen LogP contribution in [0.25, 0.3) is 0 Å². The summed E-state index contributed by atoms with van der Waals surface area (Å²) in [6.45, 7) is 3.75. The van der Waals surface area contributed by atoms with E-state index < -0.39 is 5.60 Å². The highest BCUT2D eigenvalue weighted by Crippen LogP contribution is 2.30. The molecule has 2 N–H and O–H groups in total. The summed E-state index contributed by atoms with van der Waals surface area (Å²) in [6, 6.07) is 8.77. The zero-order valence-electron chi connectivity index (χ0n) is 13.2. The number of hydrogen-bond donors (Lipinski definition) is 2. The third-order valence-corrected chi connectivity index (χ3v) is 3.39. The van der Waals surface area contributed by atoms with Crippen molar-refractivity contribution in [1.82, 2.24) is 0 Å². The predicted octanol–water partition coefficient (Wildman–Crippen LogP) is 3.29. The SMILES string of the molecule is CC.O=C(C1=CC=CC=CC1)C(O)(CCO)c1ccccc1. The summed E-state index contributed by atoms with van der Waals surface area (Å²) in [7, 11) is 0.